The third-order valence-electron chi connectivity index (χ3n) is 4.49. The van der Waals surface area contributed by atoms with Crippen molar-refractivity contribution < 1.29 is 23.5 Å². The number of ketones is 1. The van der Waals surface area contributed by atoms with Gasteiger partial charge in [0.25, 0.3) is 5.91 Å². The van der Waals surface area contributed by atoms with Gasteiger partial charge in [-0.05, 0) is 35.9 Å². The molecule has 0 spiro atoms. The zero-order chi connectivity index (χ0) is 21.5. The van der Waals surface area contributed by atoms with Crippen LogP contribution in [-0.2, 0) is 9.59 Å². The van der Waals surface area contributed by atoms with Crippen LogP contribution in [0.4, 0.5) is 4.39 Å². The molecule has 0 aliphatic rings. The number of rotatable bonds is 7. The first kappa shape index (κ1) is 21.0. The minimum absolute atomic E-state index is 0.00131. The van der Waals surface area contributed by atoms with E-state index in [1.165, 1.54) is 25.1 Å². The Balaban J connectivity index is 1.45. The van der Waals surface area contributed by atoms with Crippen molar-refractivity contribution in [2.45, 2.75) is 25.9 Å². The number of carbonyl (C=O) groups excluding carboxylic acids is 3. The van der Waals surface area contributed by atoms with E-state index in [9.17, 15) is 18.8 Å². The van der Waals surface area contributed by atoms with E-state index in [-0.39, 0.29) is 24.4 Å². The van der Waals surface area contributed by atoms with Crippen LogP contribution in [0.15, 0.2) is 66.7 Å². The van der Waals surface area contributed by atoms with Gasteiger partial charge in [-0.1, -0.05) is 48.5 Å². The molecule has 3 rings (SSSR count). The van der Waals surface area contributed by atoms with Crippen LogP contribution in [-0.4, -0.2) is 23.7 Å². The van der Waals surface area contributed by atoms with Gasteiger partial charge >= 0.3 is 0 Å². The third kappa shape index (κ3) is 5.41. The van der Waals surface area contributed by atoms with Gasteiger partial charge in [-0.3, -0.25) is 25.2 Å². The summed E-state index contributed by atoms with van der Waals surface area (Å²) < 4.78 is 18.8. The maximum Gasteiger partial charge on any atom is 0.279 e. The minimum Gasteiger partial charge on any atom is -0.478 e. The molecule has 30 heavy (non-hydrogen) atoms. The van der Waals surface area contributed by atoms with Crippen molar-refractivity contribution in [3.8, 4) is 5.75 Å². The summed E-state index contributed by atoms with van der Waals surface area (Å²) in [6.45, 7) is 1.43. The predicted molar refractivity (Wildman–Crippen MR) is 110 cm³/mol. The van der Waals surface area contributed by atoms with E-state index in [4.69, 9.17) is 4.74 Å². The molecule has 6 nitrogen and oxygen atoms in total. The Bertz CT molecular complexity index is 1080. The van der Waals surface area contributed by atoms with E-state index < -0.39 is 23.7 Å². The number of amides is 2. The highest BCUT2D eigenvalue weighted by Crippen LogP contribution is 2.18. The van der Waals surface area contributed by atoms with Crippen molar-refractivity contribution in [3.63, 3.8) is 0 Å². The highest BCUT2D eigenvalue weighted by Gasteiger charge is 2.17. The van der Waals surface area contributed by atoms with Gasteiger partial charge in [0.2, 0.25) is 5.91 Å². The quantitative estimate of drug-likeness (QED) is 0.463. The summed E-state index contributed by atoms with van der Waals surface area (Å²) in [6.07, 6.45) is -1.11. The first-order valence-corrected chi connectivity index (χ1v) is 9.46. The maximum atomic E-state index is 13.6. The number of carbonyl (C=O) groups is 3. The van der Waals surface area contributed by atoms with Crippen molar-refractivity contribution in [2.75, 3.05) is 0 Å². The summed E-state index contributed by atoms with van der Waals surface area (Å²) in [5.41, 5.74) is 4.97. The SMILES string of the molecule is C[C@@H](Oc1ccccc1F)C(=O)NNC(=O)CCC(=O)c1ccc2ccccc2c1. The van der Waals surface area contributed by atoms with E-state index in [0.717, 1.165) is 10.8 Å². The van der Waals surface area contributed by atoms with Gasteiger partial charge in [-0.15, -0.1) is 0 Å². The van der Waals surface area contributed by atoms with Crippen molar-refractivity contribution >= 4 is 28.4 Å². The lowest BCUT2D eigenvalue weighted by molar-refractivity contribution is -0.132. The highest BCUT2D eigenvalue weighted by molar-refractivity contribution is 6.01. The van der Waals surface area contributed by atoms with Crippen LogP contribution < -0.4 is 15.6 Å². The second kappa shape index (κ2) is 9.65. The molecule has 0 heterocycles. The van der Waals surface area contributed by atoms with Crippen molar-refractivity contribution in [1.29, 1.82) is 0 Å². The molecule has 0 bridgehead atoms. The van der Waals surface area contributed by atoms with Crippen molar-refractivity contribution in [2.24, 2.45) is 0 Å². The fourth-order valence-electron chi connectivity index (χ4n) is 2.81. The van der Waals surface area contributed by atoms with Crippen LogP contribution in [0.5, 0.6) is 5.75 Å². The van der Waals surface area contributed by atoms with Gasteiger partial charge in [-0.25, -0.2) is 4.39 Å². The average Bonchev–Trinajstić information content (AvgIpc) is 2.76. The second-order valence-corrected chi connectivity index (χ2v) is 6.71. The Kier molecular flexibility index (Phi) is 6.75. The van der Waals surface area contributed by atoms with Gasteiger partial charge in [0.1, 0.15) is 0 Å². The molecule has 0 fully saturated rings. The molecule has 7 heteroatoms. The summed E-state index contributed by atoms with van der Waals surface area (Å²) in [6, 6.07) is 18.8. The molecule has 154 valence electrons. The number of fused-ring (bicyclic) bond motifs is 1. The smallest absolute Gasteiger partial charge is 0.279 e. The zero-order valence-electron chi connectivity index (χ0n) is 16.4. The zero-order valence-corrected chi connectivity index (χ0v) is 16.4. The van der Waals surface area contributed by atoms with E-state index in [1.54, 1.807) is 18.2 Å². The molecule has 2 N–H and O–H groups in total. The molecule has 0 saturated carbocycles. The first-order valence-electron chi connectivity index (χ1n) is 9.46. The molecule has 3 aromatic carbocycles. The molecular weight excluding hydrogens is 387 g/mol. The highest BCUT2D eigenvalue weighted by atomic mass is 19.1. The Labute approximate surface area is 173 Å². The van der Waals surface area contributed by atoms with Crippen LogP contribution in [0, 0.1) is 5.82 Å². The standard InChI is InChI=1S/C23H21FN2O4/c1-15(30-21-9-5-4-8-19(21)24)23(29)26-25-22(28)13-12-20(27)18-11-10-16-6-2-3-7-17(16)14-18/h2-11,14-15H,12-13H2,1H3,(H,25,28)(H,26,29)/t15-/m1/s1. The number of benzene rings is 3. The normalized spacial score (nSPS) is 11.5. The summed E-state index contributed by atoms with van der Waals surface area (Å²) in [5, 5.41) is 1.98. The fourth-order valence-corrected chi connectivity index (χ4v) is 2.81. The molecular formula is C23H21FN2O4. The molecule has 0 radical (unpaired) electrons. The summed E-state index contributed by atoms with van der Waals surface area (Å²) in [7, 11) is 0. The van der Waals surface area contributed by atoms with Gasteiger partial charge in [-0.2, -0.15) is 0 Å². The minimum atomic E-state index is -1.03. The van der Waals surface area contributed by atoms with E-state index in [0.29, 0.717) is 5.56 Å². The number of hydrogen-bond donors (Lipinski definition) is 2. The first-order chi connectivity index (χ1) is 14.4. The molecule has 0 aliphatic carbocycles. The maximum absolute atomic E-state index is 13.6. The molecule has 0 saturated heterocycles. The average molecular weight is 408 g/mol. The van der Waals surface area contributed by atoms with Crippen LogP contribution in [0.25, 0.3) is 10.8 Å². The van der Waals surface area contributed by atoms with Gasteiger partial charge in [0.05, 0.1) is 0 Å². The number of halogens is 1. The van der Waals surface area contributed by atoms with Crippen LogP contribution >= 0.6 is 0 Å². The molecule has 0 aliphatic heterocycles. The number of hydrogen-bond acceptors (Lipinski definition) is 4. The van der Waals surface area contributed by atoms with Crippen LogP contribution in [0.3, 0.4) is 0 Å². The number of ether oxygens (including phenoxy) is 1. The number of Topliss-reactive ketones (excluding diaryl/α,β-unsaturated/α-hetero) is 1. The van der Waals surface area contributed by atoms with Crippen LogP contribution in [0.1, 0.15) is 30.1 Å². The van der Waals surface area contributed by atoms with Crippen LogP contribution in [0.2, 0.25) is 0 Å². The lowest BCUT2D eigenvalue weighted by Crippen LogP contribution is -2.47. The topological polar surface area (TPSA) is 84.5 Å². The second-order valence-electron chi connectivity index (χ2n) is 6.71. The Morgan fingerprint density at radius 3 is 2.37 bits per heavy atom. The van der Waals surface area contributed by atoms with E-state index in [2.05, 4.69) is 10.9 Å². The molecule has 0 unspecified atom stereocenters. The van der Waals surface area contributed by atoms with E-state index in [1.807, 2.05) is 30.3 Å². The monoisotopic (exact) mass is 408 g/mol. The Hall–Kier alpha value is -3.74. The lowest BCUT2D eigenvalue weighted by atomic mass is 10.0. The summed E-state index contributed by atoms with van der Waals surface area (Å²) >= 11 is 0. The van der Waals surface area contributed by atoms with E-state index >= 15 is 0 Å². The summed E-state index contributed by atoms with van der Waals surface area (Å²) in [4.78, 5) is 36.3. The summed E-state index contributed by atoms with van der Waals surface area (Å²) in [5.74, 6) is -1.98. The molecule has 1 atom stereocenters. The van der Waals surface area contributed by atoms with Gasteiger partial charge < -0.3 is 4.74 Å². The fraction of sp³-hybridized carbons (Fsp3) is 0.174. The number of nitrogens with one attached hydrogen (secondary N) is 2. The largest absolute Gasteiger partial charge is 0.478 e. The predicted octanol–water partition coefficient (Wildman–Crippen LogP) is 3.56. The molecule has 3 aromatic rings. The van der Waals surface area contributed by atoms with Gasteiger partial charge in [0, 0.05) is 18.4 Å². The van der Waals surface area contributed by atoms with Crippen molar-refractivity contribution in [3.05, 3.63) is 78.1 Å². The Morgan fingerprint density at radius 1 is 0.900 bits per heavy atom. The Morgan fingerprint density at radius 2 is 1.60 bits per heavy atom. The number of para-hydroxylation sites is 1. The molecule has 0 aromatic heterocycles. The lowest BCUT2D eigenvalue weighted by Gasteiger charge is -2.15. The number of hydrazine groups is 1. The van der Waals surface area contributed by atoms with Gasteiger partial charge in [0.15, 0.2) is 23.5 Å². The third-order valence-corrected chi connectivity index (χ3v) is 4.49. The van der Waals surface area contributed by atoms with Crippen molar-refractivity contribution in [1.82, 2.24) is 10.9 Å². The molecule has 2 amide bonds.